The summed E-state index contributed by atoms with van der Waals surface area (Å²) in [5.74, 6) is 0.915. The molecule has 0 aliphatic carbocycles. The Hall–Kier alpha value is -2.87. The van der Waals surface area contributed by atoms with Gasteiger partial charge in [0.15, 0.2) is 5.15 Å². The van der Waals surface area contributed by atoms with Crippen LogP contribution in [0.15, 0.2) is 48.5 Å². The van der Waals surface area contributed by atoms with Crippen molar-refractivity contribution in [1.29, 1.82) is 5.26 Å². The summed E-state index contributed by atoms with van der Waals surface area (Å²) in [6.07, 6.45) is 6.91. The van der Waals surface area contributed by atoms with Gasteiger partial charge in [-0.2, -0.15) is 5.26 Å². The third-order valence-electron chi connectivity index (χ3n) is 4.86. The molecular weight excluding hydrogens is 382 g/mol. The zero-order chi connectivity index (χ0) is 20.6. The van der Waals surface area contributed by atoms with E-state index in [0.29, 0.717) is 23.0 Å². The Labute approximate surface area is 176 Å². The van der Waals surface area contributed by atoms with E-state index in [4.69, 9.17) is 11.6 Å². The number of aliphatic hydroxyl groups is 1. The highest BCUT2D eigenvalue weighted by atomic mass is 35.5. The molecule has 0 bridgehead atoms. The van der Waals surface area contributed by atoms with Gasteiger partial charge in [-0.3, -0.25) is 0 Å². The van der Waals surface area contributed by atoms with Gasteiger partial charge in [0.25, 0.3) is 0 Å². The number of nitrogens with zero attached hydrogens (tertiary/aromatic N) is 3. The lowest BCUT2D eigenvalue weighted by atomic mass is 10.1. The minimum Gasteiger partial charge on any atom is -0.390 e. The second-order valence-corrected chi connectivity index (χ2v) is 7.25. The molecule has 0 aliphatic rings. The van der Waals surface area contributed by atoms with Gasteiger partial charge in [-0.05, 0) is 29.2 Å². The van der Waals surface area contributed by atoms with Crippen molar-refractivity contribution in [2.24, 2.45) is 0 Å². The normalized spacial score (nSPS) is 11.1. The lowest BCUT2D eigenvalue weighted by Gasteiger charge is -2.11. The van der Waals surface area contributed by atoms with Crippen LogP contribution in [0.5, 0.6) is 0 Å². The quantitative estimate of drug-likeness (QED) is 0.506. The molecule has 2 aromatic carbocycles. The topological polar surface area (TPSA) is 61.8 Å². The minimum absolute atomic E-state index is 0.128. The average Bonchev–Trinajstić information content (AvgIpc) is 3.05. The fraction of sp³-hybridized carbons (Fsp3) is 0.250. The Morgan fingerprint density at radius 1 is 1.14 bits per heavy atom. The number of benzene rings is 2. The molecule has 1 N–H and O–H groups in total. The molecule has 0 fully saturated rings. The van der Waals surface area contributed by atoms with Crippen molar-refractivity contribution < 1.29 is 5.11 Å². The van der Waals surface area contributed by atoms with E-state index in [1.807, 2.05) is 53.1 Å². The summed E-state index contributed by atoms with van der Waals surface area (Å²) in [4.78, 5) is 4.44. The summed E-state index contributed by atoms with van der Waals surface area (Å²) in [6.45, 7) is 2.64. The van der Waals surface area contributed by atoms with Gasteiger partial charge in [0.05, 0.1) is 23.9 Å². The molecule has 0 unspecified atom stereocenters. The van der Waals surface area contributed by atoms with Crippen molar-refractivity contribution in [3.8, 4) is 6.07 Å². The lowest BCUT2D eigenvalue weighted by molar-refractivity contribution is 0.271. The molecule has 0 amide bonds. The molecule has 0 radical (unpaired) electrons. The predicted octanol–water partition coefficient (Wildman–Crippen LogP) is 5.46. The van der Waals surface area contributed by atoms with Crippen LogP contribution in [0.25, 0.3) is 12.2 Å². The number of aromatic nitrogens is 2. The first kappa shape index (κ1) is 20.9. The number of rotatable bonds is 8. The Balaban J connectivity index is 1.78. The Kier molecular flexibility index (Phi) is 7.24. The number of hydrogen-bond acceptors (Lipinski definition) is 3. The van der Waals surface area contributed by atoms with E-state index in [1.165, 1.54) is 0 Å². The lowest BCUT2D eigenvalue weighted by Crippen LogP contribution is -2.09. The van der Waals surface area contributed by atoms with Gasteiger partial charge >= 0.3 is 0 Å². The number of unbranched alkanes of at least 4 members (excludes halogenated alkanes) is 1. The third kappa shape index (κ3) is 5.14. The van der Waals surface area contributed by atoms with E-state index in [2.05, 4.69) is 30.1 Å². The second-order valence-electron chi connectivity index (χ2n) is 6.89. The highest BCUT2D eigenvalue weighted by Gasteiger charge is 2.15. The number of aliphatic hydroxyl groups excluding tert-OH is 1. The van der Waals surface area contributed by atoms with Crippen molar-refractivity contribution in [2.45, 2.75) is 39.3 Å². The molecule has 0 atom stereocenters. The van der Waals surface area contributed by atoms with Gasteiger partial charge in [-0.15, -0.1) is 0 Å². The summed E-state index contributed by atoms with van der Waals surface area (Å²) in [5.41, 5.74) is 4.39. The van der Waals surface area contributed by atoms with Crippen LogP contribution in [0, 0.1) is 11.3 Å². The average molecular weight is 406 g/mol. The van der Waals surface area contributed by atoms with Crippen molar-refractivity contribution in [2.75, 3.05) is 0 Å². The Bertz CT molecular complexity index is 1030. The molecule has 1 aromatic heterocycles. The van der Waals surface area contributed by atoms with Crippen LogP contribution in [-0.4, -0.2) is 14.7 Å². The van der Waals surface area contributed by atoms with E-state index in [1.54, 1.807) is 0 Å². The molecule has 0 aliphatic heterocycles. The third-order valence-corrected chi connectivity index (χ3v) is 5.17. The number of hydrogen-bond donors (Lipinski definition) is 1. The van der Waals surface area contributed by atoms with Crippen molar-refractivity contribution in [3.05, 3.63) is 87.5 Å². The van der Waals surface area contributed by atoms with Gasteiger partial charge < -0.3 is 9.67 Å². The number of imidazole rings is 1. The first-order chi connectivity index (χ1) is 14.2. The zero-order valence-electron chi connectivity index (χ0n) is 16.5. The van der Waals surface area contributed by atoms with E-state index >= 15 is 0 Å². The van der Waals surface area contributed by atoms with Crippen LogP contribution in [0.2, 0.25) is 5.15 Å². The van der Waals surface area contributed by atoms with Gasteiger partial charge in [-0.1, -0.05) is 79.6 Å². The van der Waals surface area contributed by atoms with E-state index < -0.39 is 0 Å². The van der Waals surface area contributed by atoms with Crippen LogP contribution in [-0.2, 0) is 19.6 Å². The molecule has 0 saturated carbocycles. The smallest absolute Gasteiger partial charge is 0.152 e. The first-order valence-corrected chi connectivity index (χ1v) is 10.1. The molecule has 0 spiro atoms. The SMILES string of the molecule is CCCCc1nc(Cl)c(CO)n1Cc1ccc(/C=C/c2ccccc2C#N)cc1. The van der Waals surface area contributed by atoms with Crippen LogP contribution in [0.3, 0.4) is 0 Å². The zero-order valence-corrected chi connectivity index (χ0v) is 17.2. The Morgan fingerprint density at radius 3 is 2.59 bits per heavy atom. The summed E-state index contributed by atoms with van der Waals surface area (Å²) in [7, 11) is 0. The maximum Gasteiger partial charge on any atom is 0.152 e. The summed E-state index contributed by atoms with van der Waals surface area (Å²) < 4.78 is 2.02. The highest BCUT2D eigenvalue weighted by molar-refractivity contribution is 6.30. The fourth-order valence-electron chi connectivity index (χ4n) is 3.22. The monoisotopic (exact) mass is 405 g/mol. The van der Waals surface area contributed by atoms with Crippen molar-refractivity contribution in [1.82, 2.24) is 9.55 Å². The van der Waals surface area contributed by atoms with Gasteiger partial charge in [0.2, 0.25) is 0 Å². The molecule has 3 aromatic rings. The maximum atomic E-state index is 9.70. The van der Waals surface area contributed by atoms with Gasteiger partial charge in [-0.25, -0.2) is 4.98 Å². The predicted molar refractivity (Wildman–Crippen MR) is 117 cm³/mol. The van der Waals surface area contributed by atoms with Crippen LogP contribution in [0.1, 0.15) is 53.5 Å². The standard InChI is InChI=1S/C24H24ClN3O/c1-2-3-8-23-27-24(25)22(17-29)28(23)16-19-11-9-18(10-12-19)13-14-20-6-4-5-7-21(20)15-26/h4-7,9-14,29H,2-3,8,16-17H2,1H3/b14-13+. The van der Waals surface area contributed by atoms with Gasteiger partial charge in [0, 0.05) is 13.0 Å². The molecule has 5 heteroatoms. The van der Waals surface area contributed by atoms with Crippen molar-refractivity contribution >= 4 is 23.8 Å². The molecule has 29 heavy (non-hydrogen) atoms. The van der Waals surface area contributed by atoms with Crippen LogP contribution in [0.4, 0.5) is 0 Å². The molecule has 148 valence electrons. The van der Waals surface area contributed by atoms with Crippen LogP contribution >= 0.6 is 11.6 Å². The Morgan fingerprint density at radius 2 is 1.90 bits per heavy atom. The minimum atomic E-state index is -0.128. The maximum absolute atomic E-state index is 9.70. The molecule has 1 heterocycles. The molecular formula is C24H24ClN3O. The molecule has 0 saturated heterocycles. The summed E-state index contributed by atoms with van der Waals surface area (Å²) in [6, 6.07) is 18.0. The fourth-order valence-corrected chi connectivity index (χ4v) is 3.47. The summed E-state index contributed by atoms with van der Waals surface area (Å²) in [5, 5.41) is 19.3. The number of nitriles is 1. The first-order valence-electron chi connectivity index (χ1n) is 9.77. The highest BCUT2D eigenvalue weighted by Crippen LogP contribution is 2.21. The van der Waals surface area contributed by atoms with E-state index in [0.717, 1.165) is 41.8 Å². The van der Waals surface area contributed by atoms with Crippen LogP contribution < -0.4 is 0 Å². The van der Waals surface area contributed by atoms with E-state index in [9.17, 15) is 10.4 Å². The number of halogens is 1. The second kappa shape index (κ2) is 10.1. The van der Waals surface area contributed by atoms with E-state index in [-0.39, 0.29) is 6.61 Å². The molecule has 4 nitrogen and oxygen atoms in total. The summed E-state index contributed by atoms with van der Waals surface area (Å²) >= 11 is 6.22. The van der Waals surface area contributed by atoms with Crippen molar-refractivity contribution in [3.63, 3.8) is 0 Å². The number of aryl methyl sites for hydroxylation is 1. The molecule has 3 rings (SSSR count). The van der Waals surface area contributed by atoms with Gasteiger partial charge in [0.1, 0.15) is 5.82 Å². The largest absolute Gasteiger partial charge is 0.390 e.